The van der Waals surface area contributed by atoms with E-state index in [4.69, 9.17) is 10.2 Å². The van der Waals surface area contributed by atoms with Crippen molar-refractivity contribution in [2.24, 2.45) is 0 Å². The maximum Gasteiger partial charge on any atom is 0.331 e. The molecule has 0 rings (SSSR count). The summed E-state index contributed by atoms with van der Waals surface area (Å²) in [5, 5.41) is 16.1. The minimum Gasteiger partial charge on any atom is -0.481 e. The van der Waals surface area contributed by atoms with Gasteiger partial charge in [-0.05, 0) is 0 Å². The van der Waals surface area contributed by atoms with E-state index in [2.05, 4.69) is 6.58 Å². The molecule has 0 unspecified atom stereocenters. The molecule has 0 heterocycles. The van der Waals surface area contributed by atoms with E-state index in [-0.39, 0.29) is 28.0 Å². The molecule has 61 valence electrons. The molecule has 0 aliphatic heterocycles. The van der Waals surface area contributed by atoms with Crippen molar-refractivity contribution in [1.82, 2.24) is 0 Å². The van der Waals surface area contributed by atoms with Crippen LogP contribution in [0.25, 0.3) is 0 Å². The van der Waals surface area contributed by atoms with Gasteiger partial charge >= 0.3 is 11.9 Å². The van der Waals surface area contributed by atoms with Gasteiger partial charge < -0.3 is 10.2 Å². The Labute approximate surface area is 73.1 Å². The van der Waals surface area contributed by atoms with E-state index in [1.165, 1.54) is 0 Å². The van der Waals surface area contributed by atoms with Crippen molar-refractivity contribution in [3.05, 3.63) is 12.2 Å². The van der Waals surface area contributed by atoms with Crippen molar-refractivity contribution in [1.29, 1.82) is 0 Å². The van der Waals surface area contributed by atoms with Crippen LogP contribution >= 0.6 is 0 Å². The van der Waals surface area contributed by atoms with Crippen LogP contribution in [0.2, 0.25) is 0 Å². The first-order valence-corrected chi connectivity index (χ1v) is 2.17. The van der Waals surface area contributed by atoms with Crippen LogP contribution in [0.1, 0.15) is 6.42 Å². The van der Waals surface area contributed by atoms with Crippen LogP contribution < -0.4 is 0 Å². The van der Waals surface area contributed by atoms with Gasteiger partial charge in [0.15, 0.2) is 0 Å². The van der Waals surface area contributed by atoms with Crippen LogP contribution in [0.4, 0.5) is 0 Å². The van der Waals surface area contributed by atoms with E-state index < -0.39 is 18.4 Å². The molecule has 2 N–H and O–H groups in total. The van der Waals surface area contributed by atoms with Gasteiger partial charge in [0.1, 0.15) is 0 Å². The molecule has 0 spiro atoms. The third-order valence-corrected chi connectivity index (χ3v) is 0.667. The fourth-order valence-corrected chi connectivity index (χ4v) is 0.258. The fraction of sp³-hybridized carbons (Fsp3) is 0.200. The van der Waals surface area contributed by atoms with Crippen molar-refractivity contribution in [3.8, 4) is 0 Å². The Balaban J connectivity index is 0. The molecule has 0 aromatic rings. The Morgan fingerprint density at radius 2 is 1.70 bits per heavy atom. The second-order valence-corrected chi connectivity index (χ2v) is 1.48. The SMILES string of the molecule is C=C(CC(=O)O)C(=O)O.[Ag]. The largest absolute Gasteiger partial charge is 0.481 e. The van der Waals surface area contributed by atoms with Gasteiger partial charge in [0.2, 0.25) is 0 Å². The zero-order valence-corrected chi connectivity index (χ0v) is 6.41. The second kappa shape index (κ2) is 5.22. The van der Waals surface area contributed by atoms with Crippen molar-refractivity contribution in [2.45, 2.75) is 6.42 Å². The third kappa shape index (κ3) is 5.56. The average Bonchev–Trinajstić information content (AvgIpc) is 1.63. The normalized spacial score (nSPS) is 7.60. The summed E-state index contributed by atoms with van der Waals surface area (Å²) in [6.07, 6.45) is -0.505. The van der Waals surface area contributed by atoms with E-state index in [9.17, 15) is 9.59 Å². The Morgan fingerprint density at radius 1 is 1.30 bits per heavy atom. The summed E-state index contributed by atoms with van der Waals surface area (Å²) in [5.74, 6) is -2.44. The molecule has 0 aliphatic carbocycles. The number of hydrogen-bond donors (Lipinski definition) is 2. The van der Waals surface area contributed by atoms with Crippen LogP contribution in [0.15, 0.2) is 12.2 Å². The van der Waals surface area contributed by atoms with Crippen molar-refractivity contribution < 1.29 is 42.2 Å². The van der Waals surface area contributed by atoms with E-state index >= 15 is 0 Å². The molecule has 4 nitrogen and oxygen atoms in total. The van der Waals surface area contributed by atoms with Crippen LogP contribution in [0.3, 0.4) is 0 Å². The minimum absolute atomic E-state index is 0. The van der Waals surface area contributed by atoms with Gasteiger partial charge in [-0.2, -0.15) is 0 Å². The molecule has 10 heavy (non-hydrogen) atoms. The molecular formula is C5H6AgO4. The molecular weight excluding hydrogens is 232 g/mol. The third-order valence-electron chi connectivity index (χ3n) is 0.667. The maximum atomic E-state index is 9.87. The molecule has 0 saturated carbocycles. The first-order valence-electron chi connectivity index (χ1n) is 2.17. The zero-order chi connectivity index (χ0) is 7.44. The number of carbonyl (C=O) groups is 2. The maximum absolute atomic E-state index is 9.87. The number of carboxylic acid groups (broad SMARTS) is 2. The molecule has 0 amide bonds. The van der Waals surface area contributed by atoms with Gasteiger partial charge in [0.25, 0.3) is 0 Å². The number of rotatable bonds is 3. The standard InChI is InChI=1S/C5H6O4.Ag/c1-3(5(8)9)2-4(6)7;/h1-2H2,(H,6,7)(H,8,9);. The molecule has 0 atom stereocenters. The summed E-state index contributed by atoms with van der Waals surface area (Å²) in [5.41, 5.74) is -0.303. The Hall–Kier alpha value is -0.580. The van der Waals surface area contributed by atoms with Crippen molar-refractivity contribution in [2.75, 3.05) is 0 Å². The molecule has 0 fully saturated rings. The van der Waals surface area contributed by atoms with Gasteiger partial charge in [0, 0.05) is 28.0 Å². The van der Waals surface area contributed by atoms with E-state index in [1.807, 2.05) is 0 Å². The molecule has 0 saturated heterocycles. The summed E-state index contributed by atoms with van der Waals surface area (Å²) in [7, 11) is 0. The number of hydrogen-bond acceptors (Lipinski definition) is 2. The fourth-order valence-electron chi connectivity index (χ4n) is 0.258. The molecule has 1 radical (unpaired) electrons. The predicted octanol–water partition coefficient (Wildman–Crippen LogP) is 0.0994. The van der Waals surface area contributed by atoms with E-state index in [0.29, 0.717) is 0 Å². The monoisotopic (exact) mass is 237 g/mol. The number of aliphatic carboxylic acids is 2. The summed E-state index contributed by atoms with van der Waals surface area (Å²) in [6, 6.07) is 0. The number of carboxylic acids is 2. The van der Waals surface area contributed by atoms with Crippen molar-refractivity contribution in [3.63, 3.8) is 0 Å². The molecule has 0 aromatic heterocycles. The first-order chi connectivity index (χ1) is 4.04. The molecule has 0 aliphatic rings. The average molecular weight is 238 g/mol. The summed E-state index contributed by atoms with van der Waals surface area (Å²) in [4.78, 5) is 19.7. The smallest absolute Gasteiger partial charge is 0.331 e. The molecule has 0 bridgehead atoms. The van der Waals surface area contributed by atoms with Crippen molar-refractivity contribution >= 4 is 11.9 Å². The Bertz CT molecular complexity index is 163. The predicted molar refractivity (Wildman–Crippen MR) is 29.0 cm³/mol. The zero-order valence-electron chi connectivity index (χ0n) is 4.93. The minimum atomic E-state index is -1.27. The molecule has 0 aromatic carbocycles. The quantitative estimate of drug-likeness (QED) is 0.540. The summed E-state index contributed by atoms with van der Waals surface area (Å²) < 4.78 is 0. The Morgan fingerprint density at radius 3 is 1.80 bits per heavy atom. The van der Waals surface area contributed by atoms with E-state index in [0.717, 1.165) is 0 Å². The Kier molecular flexibility index (Phi) is 6.34. The van der Waals surface area contributed by atoms with Gasteiger partial charge in [-0.25, -0.2) is 4.79 Å². The van der Waals surface area contributed by atoms with Gasteiger partial charge in [0.05, 0.1) is 6.42 Å². The topological polar surface area (TPSA) is 74.6 Å². The van der Waals surface area contributed by atoms with Crippen LogP contribution in [0, 0.1) is 0 Å². The van der Waals surface area contributed by atoms with Crippen LogP contribution in [-0.2, 0) is 32.0 Å². The van der Waals surface area contributed by atoms with Crippen LogP contribution in [0.5, 0.6) is 0 Å². The first kappa shape index (κ1) is 12.1. The summed E-state index contributed by atoms with van der Waals surface area (Å²) in [6.45, 7) is 3.01. The van der Waals surface area contributed by atoms with E-state index in [1.54, 1.807) is 0 Å². The van der Waals surface area contributed by atoms with Gasteiger partial charge in [-0.1, -0.05) is 6.58 Å². The van der Waals surface area contributed by atoms with Gasteiger partial charge in [-0.15, -0.1) is 0 Å². The molecule has 5 heteroatoms. The summed E-state index contributed by atoms with van der Waals surface area (Å²) >= 11 is 0. The van der Waals surface area contributed by atoms with Crippen LogP contribution in [-0.4, -0.2) is 22.2 Å². The second-order valence-electron chi connectivity index (χ2n) is 1.48. The van der Waals surface area contributed by atoms with Gasteiger partial charge in [-0.3, -0.25) is 4.79 Å².